The summed E-state index contributed by atoms with van der Waals surface area (Å²) >= 11 is 6.98. The number of amides is 1. The average Bonchev–Trinajstić information content (AvgIpc) is 4.22. The number of carbonyl (C=O) groups is 3. The number of halogens is 2. The number of hydrogen-bond acceptors (Lipinski definition) is 17. The van der Waals surface area contributed by atoms with Crippen LogP contribution in [0.5, 0.6) is 23.0 Å². The van der Waals surface area contributed by atoms with Crippen molar-refractivity contribution < 1.29 is 68.4 Å². The maximum atomic E-state index is 16.1. The normalized spacial score (nSPS) is 28.8. The summed E-state index contributed by atoms with van der Waals surface area (Å²) in [5.74, 6) is -10.5. The van der Waals surface area contributed by atoms with Gasteiger partial charge in [-0.2, -0.15) is 5.10 Å². The zero-order valence-electron chi connectivity index (χ0n) is 44.2. The standard InChI is InChI=1S/C56H65ClFN5O14/c1-24-12-11-13-25(2)55(73)60-43-35(21-59-61-32-16-18-62(22-32)45-37(58)20-34-44(42(45)57)63(33-14-15-33)23-36(30(7)64)49(34)69)50(70)39-40(51(43)71)48(68)29(6)53-41(39)54(72)56(9,77-53)75-19-17-38(74-10)26(3)52(76-31(8)65)28(5)47(67)27(4)46(24)66/h11-13,17,19-21,23-24,26-28,32-33,38,46-47,52,61,64,66-68,70-71H,7,14-16,18,22H2,1-6,8-10H3,(H,60,73)/b12-11+,19-17+,25-13-,59-21+/t24-,26+,27+,28+,32?,38-,46-,47+,52+,56-/m0/s1. The number of pyridine rings is 1. The molecular weight excluding hydrogens is 1020 g/mol. The molecule has 3 aromatic carbocycles. The van der Waals surface area contributed by atoms with Gasteiger partial charge in [0.05, 0.1) is 86.2 Å². The zero-order valence-corrected chi connectivity index (χ0v) is 44.9. The van der Waals surface area contributed by atoms with Crippen LogP contribution in [0.2, 0.25) is 5.02 Å². The molecule has 8 N–H and O–H groups in total. The number of ether oxygens (including phenoxy) is 4. The number of anilines is 2. The zero-order chi connectivity index (χ0) is 56.3. The van der Waals surface area contributed by atoms with E-state index in [2.05, 4.69) is 22.4 Å². The Kier molecular flexibility index (Phi) is 15.8. The summed E-state index contributed by atoms with van der Waals surface area (Å²) in [6.45, 7) is 16.2. The Bertz CT molecular complexity index is 3280. The summed E-state index contributed by atoms with van der Waals surface area (Å²) in [5, 5.41) is 75.8. The molecule has 4 aromatic rings. The van der Waals surface area contributed by atoms with E-state index in [1.807, 2.05) is 0 Å². The molecule has 1 saturated heterocycles. The second-order valence-corrected chi connectivity index (χ2v) is 21.2. The molecule has 1 amide bonds. The second kappa shape index (κ2) is 21.7. The van der Waals surface area contributed by atoms with Crippen LogP contribution in [0.4, 0.5) is 15.8 Å². The Morgan fingerprint density at radius 1 is 1.01 bits per heavy atom. The number of hydrogen-bond donors (Lipinski definition) is 8. The molecule has 1 unspecified atom stereocenters. The summed E-state index contributed by atoms with van der Waals surface area (Å²) in [7, 11) is 1.41. The number of Topliss-reactive ketones (excluding diaryl/α,β-unsaturated/α-hetero) is 1. The summed E-state index contributed by atoms with van der Waals surface area (Å²) in [5.41, 5.74) is 1.79. The lowest BCUT2D eigenvalue weighted by Crippen LogP contribution is -2.46. The lowest BCUT2D eigenvalue weighted by molar-refractivity contribution is -0.160. The number of phenols is 3. The highest BCUT2D eigenvalue weighted by Crippen LogP contribution is 2.55. The maximum Gasteiger partial charge on any atom is 0.312 e. The van der Waals surface area contributed by atoms with Crippen LogP contribution >= 0.6 is 11.6 Å². The van der Waals surface area contributed by atoms with Crippen molar-refractivity contribution in [2.75, 3.05) is 30.4 Å². The molecule has 5 heterocycles. The maximum absolute atomic E-state index is 16.1. The number of carbonyl (C=O) groups excluding carboxylic acids is 3. The number of nitrogens with zero attached hydrogens (tertiary/aromatic N) is 3. The number of esters is 1. The van der Waals surface area contributed by atoms with Crippen molar-refractivity contribution in [3.05, 3.63) is 98.3 Å². The molecule has 21 heteroatoms. The molecule has 5 aliphatic rings. The Hall–Kier alpha value is -7.13. The first-order valence-corrected chi connectivity index (χ1v) is 25.8. The van der Waals surface area contributed by atoms with E-state index in [4.69, 9.17) is 30.5 Å². The first-order chi connectivity index (χ1) is 36.3. The second-order valence-electron chi connectivity index (χ2n) is 20.8. The SMILES string of the molecule is C=C(O)c1cn(C2CC2)c2c(Cl)c(N3CCC(N/N=C/c4c5c(O)c6c(O)c(C)c7c(c6c4O)C(=O)[C@@](C)(O/C=C/[C@H](OC)[C@@H](C)[C@@H](OC(C)=O)[C@H](C)[C@H](O)[C@H](C)[C@@H](O)[C@@H](C)/C=C/C=C(/C)C(=O)N5)O7)C3)c(F)cc2c1=O. The summed E-state index contributed by atoms with van der Waals surface area (Å²) in [6, 6.07) is 0.615. The molecule has 1 aromatic heterocycles. The van der Waals surface area contributed by atoms with E-state index >= 15 is 4.39 Å². The molecule has 2 fully saturated rings. The van der Waals surface area contributed by atoms with Gasteiger partial charge in [-0.25, -0.2) is 4.39 Å². The van der Waals surface area contributed by atoms with E-state index in [9.17, 15) is 49.8 Å². The van der Waals surface area contributed by atoms with Gasteiger partial charge < -0.3 is 69.8 Å². The van der Waals surface area contributed by atoms with Crippen LogP contribution in [0.15, 0.2) is 64.9 Å². The number of methoxy groups -OCH3 is 1. The fraction of sp³-hybridized carbons (Fsp3) is 0.446. The van der Waals surface area contributed by atoms with Crippen molar-refractivity contribution >= 4 is 74.3 Å². The number of aliphatic hydroxyl groups is 3. The number of rotatable bonds is 8. The minimum absolute atomic E-state index is 0.00207. The van der Waals surface area contributed by atoms with Crippen LogP contribution in [-0.2, 0) is 23.8 Å². The quantitative estimate of drug-likeness (QED) is 0.0208. The van der Waals surface area contributed by atoms with Crippen LogP contribution in [-0.4, -0.2) is 116 Å². The van der Waals surface area contributed by atoms with Gasteiger partial charge in [0, 0.05) is 86.5 Å². The Balaban J connectivity index is 1.19. The van der Waals surface area contributed by atoms with E-state index in [1.54, 1.807) is 43.2 Å². The molecule has 412 valence electrons. The van der Waals surface area contributed by atoms with Gasteiger partial charge in [0.2, 0.25) is 0 Å². The van der Waals surface area contributed by atoms with Gasteiger partial charge in [0.25, 0.3) is 11.7 Å². The van der Waals surface area contributed by atoms with Crippen molar-refractivity contribution in [3.63, 3.8) is 0 Å². The van der Waals surface area contributed by atoms with Crippen LogP contribution in [0.25, 0.3) is 27.4 Å². The molecule has 1 aliphatic carbocycles. The van der Waals surface area contributed by atoms with E-state index in [-0.39, 0.29) is 67.6 Å². The molecular formula is C56H65ClFN5O14. The molecule has 10 atom stereocenters. The van der Waals surface area contributed by atoms with Gasteiger partial charge >= 0.3 is 11.8 Å². The van der Waals surface area contributed by atoms with Crippen LogP contribution in [0.3, 0.4) is 0 Å². The molecule has 0 spiro atoms. The molecule has 77 heavy (non-hydrogen) atoms. The lowest BCUT2D eigenvalue weighted by Gasteiger charge is -2.38. The molecule has 9 rings (SSSR count). The number of hydrazone groups is 1. The van der Waals surface area contributed by atoms with Crippen LogP contribution < -0.4 is 25.8 Å². The van der Waals surface area contributed by atoms with E-state index < -0.39 is 123 Å². The van der Waals surface area contributed by atoms with Crippen molar-refractivity contribution in [1.82, 2.24) is 9.99 Å². The van der Waals surface area contributed by atoms with Crippen molar-refractivity contribution in [3.8, 4) is 23.0 Å². The number of aromatic nitrogens is 1. The third-order valence-corrected chi connectivity index (χ3v) is 15.8. The third-order valence-electron chi connectivity index (χ3n) is 15.4. The number of ketones is 1. The van der Waals surface area contributed by atoms with Crippen LogP contribution in [0, 0.1) is 36.4 Å². The van der Waals surface area contributed by atoms with Gasteiger partial charge in [-0.1, -0.05) is 64.1 Å². The molecule has 4 aliphatic heterocycles. The number of fused-ring (bicyclic) bond motifs is 15. The van der Waals surface area contributed by atoms with Gasteiger partial charge in [-0.15, -0.1) is 0 Å². The fourth-order valence-electron chi connectivity index (χ4n) is 10.7. The van der Waals surface area contributed by atoms with Crippen LogP contribution in [0.1, 0.15) is 101 Å². The summed E-state index contributed by atoms with van der Waals surface area (Å²) < 4.78 is 41.6. The number of aromatic hydroxyl groups is 3. The molecule has 1 saturated carbocycles. The minimum Gasteiger partial charge on any atom is -0.508 e. The predicted octanol–water partition coefficient (Wildman–Crippen LogP) is 7.93. The highest BCUT2D eigenvalue weighted by Gasteiger charge is 2.50. The van der Waals surface area contributed by atoms with Crippen molar-refractivity contribution in [2.45, 2.75) is 117 Å². The topological polar surface area (TPSA) is 271 Å². The van der Waals surface area contributed by atoms with E-state index in [0.717, 1.165) is 31.4 Å². The Morgan fingerprint density at radius 2 is 1.71 bits per heavy atom. The smallest absolute Gasteiger partial charge is 0.312 e. The predicted molar refractivity (Wildman–Crippen MR) is 288 cm³/mol. The first-order valence-electron chi connectivity index (χ1n) is 25.4. The number of allylic oxidation sites excluding steroid dienone is 2. The monoisotopic (exact) mass is 1090 g/mol. The number of aliphatic hydroxyl groups excluding tert-OH is 3. The highest BCUT2D eigenvalue weighted by molar-refractivity contribution is 6.38. The minimum atomic E-state index is -2.14. The highest BCUT2D eigenvalue weighted by atomic mass is 35.5. The lowest BCUT2D eigenvalue weighted by atomic mass is 9.78. The van der Waals surface area contributed by atoms with Gasteiger partial charge in [0.1, 0.15) is 34.9 Å². The van der Waals surface area contributed by atoms with Crippen molar-refractivity contribution in [1.29, 1.82) is 0 Å². The number of benzene rings is 3. The average molecular weight is 1090 g/mol. The van der Waals surface area contributed by atoms with Gasteiger partial charge in [-0.3, -0.25) is 19.2 Å². The van der Waals surface area contributed by atoms with Gasteiger partial charge in [0.15, 0.2) is 11.2 Å². The fourth-order valence-corrected chi connectivity index (χ4v) is 11.1. The summed E-state index contributed by atoms with van der Waals surface area (Å²) in [4.78, 5) is 56.2. The van der Waals surface area contributed by atoms with E-state index in [0.29, 0.717) is 18.5 Å². The largest absolute Gasteiger partial charge is 0.508 e. The third kappa shape index (κ3) is 10.3. The Labute approximate surface area is 448 Å². The van der Waals surface area contributed by atoms with E-state index in [1.165, 1.54) is 59.2 Å². The first kappa shape index (κ1) is 56.1. The molecule has 0 radical (unpaired) electrons. The number of nitrogens with one attached hydrogen (secondary N) is 2. The molecule has 5 bridgehead atoms. The summed E-state index contributed by atoms with van der Waals surface area (Å²) in [6.07, 6.45) is 7.71. The van der Waals surface area contributed by atoms with Crippen molar-refractivity contribution in [2.24, 2.45) is 28.8 Å². The van der Waals surface area contributed by atoms with Gasteiger partial charge in [-0.05, 0) is 45.3 Å². The molecule has 19 nitrogen and oxygen atoms in total. The Morgan fingerprint density at radius 3 is 2.36 bits per heavy atom. The number of phenolic OH excluding ortho intramolecular Hbond substituents is 3.